The Hall–Kier alpha value is -2.07. The minimum atomic E-state index is -3.61. The van der Waals surface area contributed by atoms with Crippen molar-refractivity contribution in [3.8, 4) is 6.07 Å². The highest BCUT2D eigenvalue weighted by atomic mass is 32.2. The van der Waals surface area contributed by atoms with Gasteiger partial charge in [0.2, 0.25) is 15.9 Å². The topological polar surface area (TPSA) is 81.5 Å². The normalized spacial score (nSPS) is 16.0. The molecule has 1 amide bonds. The van der Waals surface area contributed by atoms with Gasteiger partial charge in [0.15, 0.2) is 0 Å². The molecule has 124 valence electrons. The Morgan fingerprint density at radius 3 is 2.61 bits per heavy atom. The van der Waals surface area contributed by atoms with Gasteiger partial charge in [0.05, 0.1) is 23.6 Å². The van der Waals surface area contributed by atoms with E-state index in [1.54, 1.807) is 23.1 Å². The van der Waals surface area contributed by atoms with Gasteiger partial charge in [0.1, 0.15) is 6.54 Å². The number of nitriles is 1. The zero-order valence-electron chi connectivity index (χ0n) is 13.4. The van der Waals surface area contributed by atoms with Crippen LogP contribution in [-0.2, 0) is 14.8 Å². The quantitative estimate of drug-likeness (QED) is 0.836. The van der Waals surface area contributed by atoms with Gasteiger partial charge in [-0.05, 0) is 37.0 Å². The number of benzene rings is 1. The summed E-state index contributed by atoms with van der Waals surface area (Å²) in [5.74, 6) is 0.391. The summed E-state index contributed by atoms with van der Waals surface area (Å²) in [6, 6.07) is 8.25. The Labute approximate surface area is 137 Å². The third-order valence-corrected chi connectivity index (χ3v) is 5.22. The molecule has 0 aliphatic carbocycles. The van der Waals surface area contributed by atoms with E-state index in [1.807, 2.05) is 6.07 Å². The van der Waals surface area contributed by atoms with Gasteiger partial charge in [0.25, 0.3) is 0 Å². The summed E-state index contributed by atoms with van der Waals surface area (Å²) in [6.07, 6.45) is 2.95. The lowest BCUT2D eigenvalue weighted by molar-refractivity contribution is -0.130. The van der Waals surface area contributed by atoms with Gasteiger partial charge < -0.3 is 4.90 Å². The van der Waals surface area contributed by atoms with E-state index in [0.29, 0.717) is 30.3 Å². The van der Waals surface area contributed by atoms with E-state index < -0.39 is 10.0 Å². The van der Waals surface area contributed by atoms with Crippen LogP contribution in [0.3, 0.4) is 0 Å². The van der Waals surface area contributed by atoms with Gasteiger partial charge >= 0.3 is 0 Å². The summed E-state index contributed by atoms with van der Waals surface area (Å²) >= 11 is 0. The highest BCUT2D eigenvalue weighted by molar-refractivity contribution is 7.92. The molecular formula is C16H21N3O3S. The molecule has 6 nitrogen and oxygen atoms in total. The fourth-order valence-corrected chi connectivity index (χ4v) is 3.45. The molecule has 0 N–H and O–H groups in total. The predicted octanol–water partition coefficient (Wildman–Crippen LogP) is 1.58. The molecule has 0 atom stereocenters. The van der Waals surface area contributed by atoms with E-state index in [-0.39, 0.29) is 12.5 Å². The number of amides is 1. The van der Waals surface area contributed by atoms with Gasteiger partial charge in [-0.3, -0.25) is 9.10 Å². The number of hydrogen-bond donors (Lipinski definition) is 0. The molecule has 1 heterocycles. The highest BCUT2D eigenvalue weighted by Crippen LogP contribution is 2.21. The van der Waals surface area contributed by atoms with E-state index in [1.165, 1.54) is 6.07 Å². The molecule has 7 heteroatoms. The molecular weight excluding hydrogens is 314 g/mol. The molecule has 1 fully saturated rings. The summed E-state index contributed by atoms with van der Waals surface area (Å²) in [6.45, 7) is 3.24. The number of likely N-dealkylation sites (tertiary alicyclic amines) is 1. The highest BCUT2D eigenvalue weighted by Gasteiger charge is 2.26. The number of rotatable bonds is 4. The lowest BCUT2D eigenvalue weighted by atomic mass is 9.99. The Bertz CT molecular complexity index is 716. The van der Waals surface area contributed by atoms with Gasteiger partial charge in [-0.15, -0.1) is 0 Å². The van der Waals surface area contributed by atoms with Crippen molar-refractivity contribution in [3.05, 3.63) is 29.8 Å². The first kappa shape index (κ1) is 17.3. The van der Waals surface area contributed by atoms with Gasteiger partial charge in [-0.25, -0.2) is 8.42 Å². The van der Waals surface area contributed by atoms with Crippen molar-refractivity contribution >= 4 is 21.6 Å². The molecule has 0 spiro atoms. The first-order valence-corrected chi connectivity index (χ1v) is 9.41. The molecule has 0 bridgehead atoms. The second-order valence-electron chi connectivity index (χ2n) is 6.00. The summed E-state index contributed by atoms with van der Waals surface area (Å²) in [5, 5.41) is 8.96. The number of piperidine rings is 1. The lowest BCUT2D eigenvalue weighted by Crippen LogP contribution is -2.45. The third-order valence-electron chi connectivity index (χ3n) is 4.08. The van der Waals surface area contributed by atoms with E-state index >= 15 is 0 Å². The van der Waals surface area contributed by atoms with Gasteiger partial charge in [-0.2, -0.15) is 5.26 Å². The van der Waals surface area contributed by atoms with Gasteiger partial charge in [0, 0.05) is 13.1 Å². The lowest BCUT2D eigenvalue weighted by Gasteiger charge is -2.32. The summed E-state index contributed by atoms with van der Waals surface area (Å²) in [4.78, 5) is 14.2. The average molecular weight is 335 g/mol. The second kappa shape index (κ2) is 7.01. The monoisotopic (exact) mass is 335 g/mol. The Morgan fingerprint density at radius 2 is 2.04 bits per heavy atom. The van der Waals surface area contributed by atoms with Crippen LogP contribution in [-0.4, -0.2) is 45.1 Å². The van der Waals surface area contributed by atoms with Crippen molar-refractivity contribution in [2.24, 2.45) is 5.92 Å². The van der Waals surface area contributed by atoms with Crippen LogP contribution >= 0.6 is 0 Å². The van der Waals surface area contributed by atoms with Crippen molar-refractivity contribution < 1.29 is 13.2 Å². The molecule has 2 rings (SSSR count). The number of nitrogens with zero attached hydrogens (tertiary/aromatic N) is 3. The summed E-state index contributed by atoms with van der Waals surface area (Å²) < 4.78 is 25.2. The molecule has 0 aromatic heterocycles. The molecule has 0 unspecified atom stereocenters. The minimum absolute atomic E-state index is 0.204. The third kappa shape index (κ3) is 4.45. The number of hydrogen-bond acceptors (Lipinski definition) is 4. The smallest absolute Gasteiger partial charge is 0.243 e. The van der Waals surface area contributed by atoms with Gasteiger partial charge in [-0.1, -0.05) is 13.0 Å². The van der Waals surface area contributed by atoms with Crippen LogP contribution in [0.15, 0.2) is 24.3 Å². The maximum Gasteiger partial charge on any atom is 0.243 e. The maximum absolute atomic E-state index is 12.4. The van der Waals surface area contributed by atoms with Crippen LogP contribution in [0.5, 0.6) is 0 Å². The van der Waals surface area contributed by atoms with E-state index in [0.717, 1.165) is 23.4 Å². The van der Waals surface area contributed by atoms with Crippen molar-refractivity contribution in [1.82, 2.24) is 4.90 Å². The van der Waals surface area contributed by atoms with Crippen molar-refractivity contribution in [3.63, 3.8) is 0 Å². The number of anilines is 1. The van der Waals surface area contributed by atoms with Crippen LogP contribution in [0, 0.1) is 17.2 Å². The largest absolute Gasteiger partial charge is 0.341 e. The number of carbonyl (C=O) groups is 1. The molecule has 1 saturated heterocycles. The second-order valence-corrected chi connectivity index (χ2v) is 7.90. The number of carbonyl (C=O) groups excluding carboxylic acids is 1. The van der Waals surface area contributed by atoms with Crippen LogP contribution in [0.2, 0.25) is 0 Å². The van der Waals surface area contributed by atoms with Crippen molar-refractivity contribution in [2.75, 3.05) is 30.2 Å². The molecule has 0 saturated carbocycles. The average Bonchev–Trinajstić information content (AvgIpc) is 2.52. The first-order valence-electron chi connectivity index (χ1n) is 7.57. The Balaban J connectivity index is 2.20. The first-order chi connectivity index (χ1) is 10.8. The van der Waals surface area contributed by atoms with Crippen LogP contribution in [0.25, 0.3) is 0 Å². The molecule has 0 radical (unpaired) electrons. The summed E-state index contributed by atoms with van der Waals surface area (Å²) in [7, 11) is -3.61. The Morgan fingerprint density at radius 1 is 1.39 bits per heavy atom. The maximum atomic E-state index is 12.4. The minimum Gasteiger partial charge on any atom is -0.341 e. The zero-order chi connectivity index (χ0) is 17.0. The predicted molar refractivity (Wildman–Crippen MR) is 88.3 cm³/mol. The SMILES string of the molecule is CC1CCN(C(=O)CN(c2cccc(C#N)c2)S(C)(=O)=O)CC1. The molecule has 1 aliphatic heterocycles. The van der Waals surface area contributed by atoms with Crippen molar-refractivity contribution in [2.45, 2.75) is 19.8 Å². The van der Waals surface area contributed by atoms with E-state index in [9.17, 15) is 13.2 Å². The zero-order valence-corrected chi connectivity index (χ0v) is 14.2. The van der Waals surface area contributed by atoms with Crippen LogP contribution in [0.4, 0.5) is 5.69 Å². The fraction of sp³-hybridized carbons (Fsp3) is 0.500. The fourth-order valence-electron chi connectivity index (χ4n) is 2.61. The standard InChI is InChI=1S/C16H21N3O3S/c1-13-6-8-18(9-7-13)16(20)12-19(23(2,21)22)15-5-3-4-14(10-15)11-17/h3-5,10,13H,6-9,12H2,1-2H3. The molecule has 1 aromatic rings. The Kier molecular flexibility index (Phi) is 5.26. The van der Waals surface area contributed by atoms with E-state index in [4.69, 9.17) is 5.26 Å². The molecule has 1 aromatic carbocycles. The molecule has 1 aliphatic rings. The van der Waals surface area contributed by atoms with E-state index in [2.05, 4.69) is 6.92 Å². The van der Waals surface area contributed by atoms with Crippen molar-refractivity contribution in [1.29, 1.82) is 5.26 Å². The number of sulfonamides is 1. The molecule has 23 heavy (non-hydrogen) atoms. The van der Waals surface area contributed by atoms with Crippen LogP contribution < -0.4 is 4.31 Å². The summed E-state index contributed by atoms with van der Waals surface area (Å²) in [5.41, 5.74) is 0.695. The van der Waals surface area contributed by atoms with Crippen LogP contribution in [0.1, 0.15) is 25.3 Å².